The molecule has 3 aliphatic rings. The van der Waals surface area contributed by atoms with Crippen LogP contribution >= 0.6 is 11.6 Å². The lowest BCUT2D eigenvalue weighted by Gasteiger charge is -2.14. The molecule has 2 atom stereocenters. The normalized spacial score (nSPS) is 19.9. The third-order valence-electron chi connectivity index (χ3n) is 6.52. The molecule has 8 nitrogen and oxygen atoms in total. The van der Waals surface area contributed by atoms with Crippen LogP contribution in [0.5, 0.6) is 0 Å². The van der Waals surface area contributed by atoms with E-state index >= 15 is 0 Å². The molecule has 0 saturated carbocycles. The summed E-state index contributed by atoms with van der Waals surface area (Å²) < 4.78 is 28.3. The fourth-order valence-electron chi connectivity index (χ4n) is 4.29. The summed E-state index contributed by atoms with van der Waals surface area (Å²) in [6, 6.07) is 0. The lowest BCUT2D eigenvalue weighted by Crippen LogP contribution is -2.34. The van der Waals surface area contributed by atoms with Crippen molar-refractivity contribution in [3.05, 3.63) is 111 Å². The van der Waals surface area contributed by atoms with Gasteiger partial charge in [0.05, 0.1) is 21.9 Å². The minimum absolute atomic E-state index is 0.0183. The lowest BCUT2D eigenvalue weighted by atomic mass is 10.1. The third-order valence-corrected chi connectivity index (χ3v) is 8.56. The Labute approximate surface area is 246 Å². The second kappa shape index (κ2) is 13.7. The Hall–Kier alpha value is -3.79. The number of nitrogens with zero attached hydrogens (tertiary/aromatic N) is 2. The van der Waals surface area contributed by atoms with Gasteiger partial charge in [0, 0.05) is 29.3 Å². The quantitative estimate of drug-likeness (QED) is 0.316. The number of rotatable bonds is 9. The molecule has 1 amide bonds. The number of allylic oxidation sites excluding steroid dienone is 14. The number of aromatic nitrogens is 2. The topological polar surface area (TPSA) is 116 Å². The number of H-pyrrole nitrogens is 1. The Balaban J connectivity index is 1.35. The summed E-state index contributed by atoms with van der Waals surface area (Å²) in [5.41, 5.74) is 3.26. The molecule has 41 heavy (non-hydrogen) atoms. The van der Waals surface area contributed by atoms with Crippen molar-refractivity contribution in [2.24, 2.45) is 10.9 Å². The van der Waals surface area contributed by atoms with Crippen molar-refractivity contribution >= 4 is 45.4 Å². The van der Waals surface area contributed by atoms with Gasteiger partial charge in [0.1, 0.15) is 12.0 Å². The summed E-state index contributed by atoms with van der Waals surface area (Å²) in [6.07, 6.45) is 26.2. The maximum atomic E-state index is 13.0. The minimum Gasteiger partial charge on any atom is -0.342 e. The number of fused-ring (bicyclic) bond motifs is 1. The number of carbonyl (C=O) groups excluding carboxylic acids is 1. The summed E-state index contributed by atoms with van der Waals surface area (Å²) in [5.74, 6) is 0.526. The average Bonchev–Trinajstić information content (AvgIpc) is 3.17. The van der Waals surface area contributed by atoms with Gasteiger partial charge in [-0.2, -0.15) is 4.72 Å². The highest BCUT2D eigenvalue weighted by atomic mass is 35.5. The number of amides is 1. The van der Waals surface area contributed by atoms with Crippen molar-refractivity contribution < 1.29 is 13.2 Å². The first kappa shape index (κ1) is 30.2. The van der Waals surface area contributed by atoms with Crippen molar-refractivity contribution in [2.75, 3.05) is 0 Å². The van der Waals surface area contributed by atoms with E-state index in [0.717, 1.165) is 23.6 Å². The van der Waals surface area contributed by atoms with Crippen LogP contribution in [0.2, 0.25) is 0 Å². The van der Waals surface area contributed by atoms with E-state index in [1.807, 2.05) is 19.1 Å². The Morgan fingerprint density at radius 2 is 1.95 bits per heavy atom. The van der Waals surface area contributed by atoms with Gasteiger partial charge in [0.2, 0.25) is 10.0 Å². The molecule has 0 bridgehead atoms. The molecule has 1 aromatic heterocycles. The average molecular weight is 592 g/mol. The molecular weight excluding hydrogens is 558 g/mol. The Morgan fingerprint density at radius 1 is 1.15 bits per heavy atom. The SMILES string of the molecule is CC1=NC(NS(=O)(=O)C2=CC=CC=CC2)C=CC=C1C(=O)N/C(C)=C/C=C(/Cl)C(C)Cc1nc2c([nH]1)C=CCC=C2. The molecule has 10 heteroatoms. The van der Waals surface area contributed by atoms with E-state index in [4.69, 9.17) is 11.6 Å². The van der Waals surface area contributed by atoms with Crippen LogP contribution < -0.4 is 10.0 Å². The van der Waals surface area contributed by atoms with Crippen LogP contribution in [0, 0.1) is 5.92 Å². The van der Waals surface area contributed by atoms with E-state index in [1.54, 1.807) is 74.6 Å². The van der Waals surface area contributed by atoms with Crippen LogP contribution in [-0.4, -0.2) is 36.2 Å². The molecule has 2 aliphatic carbocycles. The zero-order valence-electron chi connectivity index (χ0n) is 23.3. The van der Waals surface area contributed by atoms with Crippen molar-refractivity contribution in [2.45, 2.75) is 46.2 Å². The predicted octanol–water partition coefficient (Wildman–Crippen LogP) is 5.76. The van der Waals surface area contributed by atoms with E-state index in [-0.39, 0.29) is 23.2 Å². The lowest BCUT2D eigenvalue weighted by molar-refractivity contribution is -0.116. The first-order valence-electron chi connectivity index (χ1n) is 13.4. The van der Waals surface area contributed by atoms with Crippen LogP contribution in [-0.2, 0) is 21.2 Å². The predicted molar refractivity (Wildman–Crippen MR) is 167 cm³/mol. The first-order chi connectivity index (χ1) is 19.6. The van der Waals surface area contributed by atoms with Crippen LogP contribution in [0.3, 0.4) is 0 Å². The molecule has 1 aliphatic heterocycles. The summed E-state index contributed by atoms with van der Waals surface area (Å²) in [7, 11) is -3.76. The van der Waals surface area contributed by atoms with Crippen LogP contribution in [0.4, 0.5) is 0 Å². The number of halogens is 1. The first-order valence-corrected chi connectivity index (χ1v) is 15.2. The summed E-state index contributed by atoms with van der Waals surface area (Å²) in [5, 5.41) is 3.49. The van der Waals surface area contributed by atoms with Gasteiger partial charge in [-0.15, -0.1) is 0 Å². The molecule has 0 radical (unpaired) electrons. The molecule has 0 spiro atoms. The van der Waals surface area contributed by atoms with E-state index in [1.165, 1.54) is 0 Å². The van der Waals surface area contributed by atoms with Crippen LogP contribution in [0.25, 0.3) is 12.2 Å². The van der Waals surface area contributed by atoms with Crippen LogP contribution in [0.1, 0.15) is 50.8 Å². The number of hydrogen-bond acceptors (Lipinski definition) is 5. The molecule has 2 heterocycles. The molecule has 0 aromatic carbocycles. The summed E-state index contributed by atoms with van der Waals surface area (Å²) in [6.45, 7) is 5.46. The number of hydrogen-bond donors (Lipinski definition) is 3. The van der Waals surface area contributed by atoms with Gasteiger partial charge in [-0.1, -0.05) is 61.1 Å². The van der Waals surface area contributed by atoms with E-state index in [0.29, 0.717) is 28.4 Å². The van der Waals surface area contributed by atoms with Crippen molar-refractivity contribution in [3.63, 3.8) is 0 Å². The number of carbonyl (C=O) groups is 1. The van der Waals surface area contributed by atoms with E-state index in [9.17, 15) is 13.2 Å². The van der Waals surface area contributed by atoms with Gasteiger partial charge in [0.15, 0.2) is 0 Å². The van der Waals surface area contributed by atoms with Crippen LogP contribution in [0.15, 0.2) is 99.1 Å². The third kappa shape index (κ3) is 8.36. The van der Waals surface area contributed by atoms with E-state index < -0.39 is 16.2 Å². The molecule has 1 aromatic rings. The standard InChI is InChI=1S/C31H34ClN5O3S/c1-21(20-30-35-27-15-9-6-10-16-28(27)36-30)26(32)19-18-22(2)33-31(38)25-14-11-17-29(34-23(25)3)37-41(39,40)24-12-7-4-5-8-13-24/h4-5,7-12,14-19,21,29,37H,6,13,20H2,1-3H3,(H,33,38)(H,35,36)/b22-18+,26-19+. The van der Waals surface area contributed by atoms with Gasteiger partial charge in [0.25, 0.3) is 5.91 Å². The number of nitrogens with one attached hydrogen (secondary N) is 3. The Morgan fingerprint density at radius 3 is 2.78 bits per heavy atom. The second-order valence-electron chi connectivity index (χ2n) is 9.88. The fraction of sp³-hybridized carbons (Fsp3) is 0.258. The maximum absolute atomic E-state index is 13.0. The van der Waals surface area contributed by atoms with E-state index in [2.05, 4.69) is 37.2 Å². The molecule has 214 valence electrons. The van der Waals surface area contributed by atoms with Gasteiger partial charge < -0.3 is 10.3 Å². The highest BCUT2D eigenvalue weighted by Crippen LogP contribution is 2.22. The smallest absolute Gasteiger partial charge is 0.257 e. The van der Waals surface area contributed by atoms with Gasteiger partial charge in [-0.05, 0) is 68.7 Å². The summed E-state index contributed by atoms with van der Waals surface area (Å²) >= 11 is 6.57. The van der Waals surface area contributed by atoms with Crippen molar-refractivity contribution in [1.29, 1.82) is 0 Å². The van der Waals surface area contributed by atoms with Gasteiger partial charge >= 0.3 is 0 Å². The molecular formula is C31H34ClN5O3S. The highest BCUT2D eigenvalue weighted by molar-refractivity contribution is 7.93. The second-order valence-corrected chi connectivity index (χ2v) is 12.1. The minimum atomic E-state index is -3.76. The number of aromatic amines is 1. The van der Waals surface area contributed by atoms with Crippen molar-refractivity contribution in [1.82, 2.24) is 20.0 Å². The molecule has 0 saturated heterocycles. The van der Waals surface area contributed by atoms with Gasteiger partial charge in [-0.3, -0.25) is 9.79 Å². The van der Waals surface area contributed by atoms with Gasteiger partial charge in [-0.25, -0.2) is 13.4 Å². The number of sulfonamides is 1. The fourth-order valence-corrected chi connectivity index (χ4v) is 5.60. The molecule has 3 N–H and O–H groups in total. The number of imidazole rings is 1. The zero-order valence-corrected chi connectivity index (χ0v) is 24.8. The molecule has 0 fully saturated rings. The summed E-state index contributed by atoms with van der Waals surface area (Å²) in [4.78, 5) is 25.7. The molecule has 2 unspecified atom stereocenters. The highest BCUT2D eigenvalue weighted by Gasteiger charge is 2.22. The Bertz CT molecular complexity index is 1570. The Kier molecular flexibility index (Phi) is 10.1. The maximum Gasteiger partial charge on any atom is 0.257 e. The number of aliphatic imine (C=N–C) groups is 1. The zero-order chi connectivity index (χ0) is 29.4. The molecule has 4 rings (SSSR count). The monoisotopic (exact) mass is 591 g/mol. The van der Waals surface area contributed by atoms with Crippen molar-refractivity contribution in [3.8, 4) is 0 Å². The largest absolute Gasteiger partial charge is 0.342 e.